The Labute approximate surface area is 183 Å². The number of benzene rings is 1. The van der Waals surface area contributed by atoms with E-state index < -0.39 is 5.60 Å². The van der Waals surface area contributed by atoms with Crippen molar-refractivity contribution in [1.29, 1.82) is 0 Å². The molecule has 5 rings (SSSR count). The van der Waals surface area contributed by atoms with Crippen LogP contribution in [0.4, 0.5) is 0 Å². The molecule has 2 aromatic heterocycles. The lowest BCUT2D eigenvalue weighted by Crippen LogP contribution is -2.59. The number of hydrogen-bond acceptors (Lipinski definition) is 5. The fraction of sp³-hybridized carbons (Fsp3) is 0.304. The Hall–Kier alpha value is -2.48. The lowest BCUT2D eigenvalue weighted by Gasteiger charge is -2.42. The van der Waals surface area contributed by atoms with Crippen molar-refractivity contribution in [3.05, 3.63) is 80.7 Å². The van der Waals surface area contributed by atoms with Gasteiger partial charge in [-0.2, -0.15) is 0 Å². The van der Waals surface area contributed by atoms with E-state index in [1.54, 1.807) is 16.2 Å². The molecule has 0 unspecified atom stereocenters. The molecule has 30 heavy (non-hydrogen) atoms. The Bertz CT molecular complexity index is 1020. The van der Waals surface area contributed by atoms with E-state index in [0.717, 1.165) is 10.4 Å². The number of ether oxygens (including phenoxy) is 1. The molecule has 0 N–H and O–H groups in total. The molecule has 1 aromatic carbocycles. The van der Waals surface area contributed by atoms with E-state index in [1.807, 2.05) is 52.1 Å². The molecule has 2 fully saturated rings. The second-order valence-corrected chi connectivity index (χ2v) is 9.65. The van der Waals surface area contributed by atoms with Gasteiger partial charge in [0, 0.05) is 23.9 Å². The van der Waals surface area contributed by atoms with Gasteiger partial charge in [-0.1, -0.05) is 42.5 Å². The van der Waals surface area contributed by atoms with Gasteiger partial charge in [-0.25, -0.2) is 0 Å². The molecule has 0 saturated carbocycles. The molecule has 2 amide bonds. The predicted molar refractivity (Wildman–Crippen MR) is 118 cm³/mol. The van der Waals surface area contributed by atoms with Crippen LogP contribution in [0, 0.1) is 0 Å². The van der Waals surface area contributed by atoms with E-state index in [0.29, 0.717) is 31.1 Å². The van der Waals surface area contributed by atoms with Crippen molar-refractivity contribution in [2.75, 3.05) is 26.2 Å². The summed E-state index contributed by atoms with van der Waals surface area (Å²) in [7, 11) is 0. The number of likely N-dealkylation sites (tertiary alicyclic amines) is 1. The number of rotatable bonds is 4. The number of amides is 2. The summed E-state index contributed by atoms with van der Waals surface area (Å²) >= 11 is 3.08. The molecule has 4 heterocycles. The molecule has 1 spiro atoms. The first kappa shape index (κ1) is 19.5. The molecule has 2 atom stereocenters. The monoisotopic (exact) mass is 438 g/mol. The number of thiophene rings is 2. The molecule has 0 aliphatic carbocycles. The first-order valence-electron chi connectivity index (χ1n) is 10.0. The Morgan fingerprint density at radius 1 is 1.07 bits per heavy atom. The second-order valence-electron chi connectivity index (χ2n) is 7.67. The van der Waals surface area contributed by atoms with E-state index in [1.165, 1.54) is 11.3 Å². The molecule has 3 aromatic rings. The zero-order valence-electron chi connectivity index (χ0n) is 16.4. The molecule has 2 saturated heterocycles. The third-order valence-corrected chi connectivity index (χ3v) is 7.63. The molecule has 0 bridgehead atoms. The highest BCUT2D eigenvalue weighted by molar-refractivity contribution is 7.12. The second kappa shape index (κ2) is 7.98. The molecule has 5 nitrogen and oxygen atoms in total. The molecule has 7 heteroatoms. The van der Waals surface area contributed by atoms with Crippen molar-refractivity contribution >= 4 is 34.5 Å². The number of hydrogen-bond donors (Lipinski definition) is 0. The fourth-order valence-electron chi connectivity index (χ4n) is 4.47. The van der Waals surface area contributed by atoms with Crippen LogP contribution >= 0.6 is 22.7 Å². The summed E-state index contributed by atoms with van der Waals surface area (Å²) in [6.07, 6.45) is 0. The van der Waals surface area contributed by atoms with Gasteiger partial charge in [0.15, 0.2) is 5.60 Å². The molecular weight excluding hydrogens is 416 g/mol. The third-order valence-electron chi connectivity index (χ3n) is 5.91. The molecule has 2 aliphatic rings. The van der Waals surface area contributed by atoms with E-state index in [4.69, 9.17) is 4.74 Å². The van der Waals surface area contributed by atoms with Crippen molar-refractivity contribution in [2.24, 2.45) is 0 Å². The minimum Gasteiger partial charge on any atom is -0.361 e. The van der Waals surface area contributed by atoms with Crippen LogP contribution in [0.1, 0.15) is 26.0 Å². The summed E-state index contributed by atoms with van der Waals surface area (Å²) in [6.45, 7) is 2.30. The fourth-order valence-corrected chi connectivity index (χ4v) is 5.88. The largest absolute Gasteiger partial charge is 0.361 e. The van der Waals surface area contributed by atoms with Crippen LogP contribution in [0.25, 0.3) is 0 Å². The van der Waals surface area contributed by atoms with Crippen LogP contribution in [0.3, 0.4) is 0 Å². The average molecular weight is 439 g/mol. The van der Waals surface area contributed by atoms with Crippen molar-refractivity contribution in [3.8, 4) is 0 Å². The number of morpholine rings is 1. The maximum absolute atomic E-state index is 13.7. The smallest absolute Gasteiger partial charge is 0.264 e. The summed E-state index contributed by atoms with van der Waals surface area (Å²) in [5.41, 5.74) is 0.0361. The summed E-state index contributed by atoms with van der Waals surface area (Å²) in [5.74, 6) is -0.164. The average Bonchev–Trinajstić information content (AvgIpc) is 3.54. The Balaban J connectivity index is 1.48. The van der Waals surface area contributed by atoms with E-state index >= 15 is 0 Å². The Morgan fingerprint density at radius 2 is 1.87 bits per heavy atom. The minimum atomic E-state index is -1.04. The van der Waals surface area contributed by atoms with Crippen molar-refractivity contribution in [2.45, 2.75) is 18.1 Å². The summed E-state index contributed by atoms with van der Waals surface area (Å²) in [6, 6.07) is 17.8. The van der Waals surface area contributed by atoms with E-state index in [2.05, 4.69) is 18.2 Å². The zero-order chi connectivity index (χ0) is 20.6. The maximum atomic E-state index is 13.7. The lowest BCUT2D eigenvalue weighted by molar-refractivity contribution is -0.160. The van der Waals surface area contributed by atoms with Crippen molar-refractivity contribution < 1.29 is 14.3 Å². The van der Waals surface area contributed by atoms with Gasteiger partial charge in [0.25, 0.3) is 11.8 Å². The highest BCUT2D eigenvalue weighted by Gasteiger charge is 2.58. The molecular formula is C23H22N2O3S2. The third kappa shape index (κ3) is 3.37. The van der Waals surface area contributed by atoms with Crippen LogP contribution in [0.5, 0.6) is 0 Å². The first-order valence-corrected chi connectivity index (χ1v) is 11.8. The zero-order valence-corrected chi connectivity index (χ0v) is 18.0. The van der Waals surface area contributed by atoms with Crippen molar-refractivity contribution in [1.82, 2.24) is 9.80 Å². The van der Waals surface area contributed by atoms with Gasteiger partial charge in [0.1, 0.15) is 0 Å². The standard InChI is InChI=1S/C23H22N2O3S2/c26-21(20-9-5-13-30-20)24-10-11-28-23(16-24)19(17-6-2-1-3-7-17)15-25(22(23)27)14-18-8-4-12-29-18/h1-9,12-13,19H,10-11,14-16H2/t19-,23-/m0/s1. The molecule has 2 aliphatic heterocycles. The van der Waals surface area contributed by atoms with Gasteiger partial charge in [-0.3, -0.25) is 9.59 Å². The summed E-state index contributed by atoms with van der Waals surface area (Å²) in [5, 5.41) is 3.93. The predicted octanol–water partition coefficient (Wildman–Crippen LogP) is 3.85. The summed E-state index contributed by atoms with van der Waals surface area (Å²) in [4.78, 5) is 32.3. The van der Waals surface area contributed by atoms with Gasteiger partial charge < -0.3 is 14.5 Å². The van der Waals surface area contributed by atoms with Gasteiger partial charge in [-0.15, -0.1) is 22.7 Å². The van der Waals surface area contributed by atoms with E-state index in [-0.39, 0.29) is 24.3 Å². The lowest BCUT2D eigenvalue weighted by atomic mass is 9.83. The molecule has 154 valence electrons. The SMILES string of the molecule is O=C(c1cccs1)N1CCO[C@]2(C1)C(=O)N(Cc1cccs1)C[C@H]2c1ccccc1. The first-order chi connectivity index (χ1) is 14.7. The number of carbonyl (C=O) groups is 2. The normalized spacial score (nSPS) is 24.0. The van der Waals surface area contributed by atoms with Crippen LogP contribution in [-0.4, -0.2) is 53.5 Å². The van der Waals surface area contributed by atoms with Gasteiger partial charge >= 0.3 is 0 Å². The maximum Gasteiger partial charge on any atom is 0.264 e. The van der Waals surface area contributed by atoms with Gasteiger partial charge in [-0.05, 0) is 28.5 Å². The highest BCUT2D eigenvalue weighted by atomic mass is 32.1. The Morgan fingerprint density at radius 3 is 2.60 bits per heavy atom. The topological polar surface area (TPSA) is 49.9 Å². The van der Waals surface area contributed by atoms with Gasteiger partial charge in [0.2, 0.25) is 0 Å². The highest BCUT2D eigenvalue weighted by Crippen LogP contribution is 2.43. The number of carbonyl (C=O) groups excluding carboxylic acids is 2. The van der Waals surface area contributed by atoms with Crippen LogP contribution in [-0.2, 0) is 16.1 Å². The molecule has 0 radical (unpaired) electrons. The van der Waals surface area contributed by atoms with Crippen LogP contribution in [0.15, 0.2) is 65.4 Å². The minimum absolute atomic E-state index is 0.0200. The van der Waals surface area contributed by atoms with E-state index in [9.17, 15) is 9.59 Å². The van der Waals surface area contributed by atoms with Crippen LogP contribution < -0.4 is 0 Å². The number of nitrogens with zero attached hydrogens (tertiary/aromatic N) is 2. The van der Waals surface area contributed by atoms with Crippen molar-refractivity contribution in [3.63, 3.8) is 0 Å². The van der Waals surface area contributed by atoms with Crippen LogP contribution in [0.2, 0.25) is 0 Å². The Kier molecular flexibility index (Phi) is 5.18. The quantitative estimate of drug-likeness (QED) is 0.622. The summed E-state index contributed by atoms with van der Waals surface area (Å²) < 4.78 is 6.27. The van der Waals surface area contributed by atoms with Gasteiger partial charge in [0.05, 0.1) is 24.6 Å².